The standard InChI is InChI=1S/C32H36F3N5O6/c1-19-16-40(20(2)18-41)29(42)26-15-24(37-30(43)36-22-7-5-21(6-8-22)32(33,34)35)11-14-27(26)46-28(19)17-39(3)31(44)38-23-9-12-25(45-4)13-10-23/h5-15,19-20,28,41H,16-18H2,1-4H3,(H,38,44)(H2,36,37,43)/t19-,20-,28+/m1/s1. The summed E-state index contributed by atoms with van der Waals surface area (Å²) in [5.41, 5.74) is 0.200. The van der Waals surface area contributed by atoms with E-state index in [1.165, 1.54) is 28.0 Å². The first kappa shape index (κ1) is 33.9. The van der Waals surface area contributed by atoms with Gasteiger partial charge in [0.1, 0.15) is 17.6 Å². The molecule has 0 radical (unpaired) electrons. The molecule has 0 unspecified atom stereocenters. The van der Waals surface area contributed by atoms with Gasteiger partial charge in [0.25, 0.3) is 5.91 Å². The molecule has 0 aliphatic carbocycles. The number of halogens is 3. The van der Waals surface area contributed by atoms with Gasteiger partial charge in [-0.05, 0) is 73.7 Å². The number of rotatable bonds is 8. The summed E-state index contributed by atoms with van der Waals surface area (Å²) in [7, 11) is 3.17. The van der Waals surface area contributed by atoms with Crippen LogP contribution in [0.25, 0.3) is 0 Å². The number of carbonyl (C=O) groups excluding carboxylic acids is 3. The predicted molar refractivity (Wildman–Crippen MR) is 166 cm³/mol. The summed E-state index contributed by atoms with van der Waals surface area (Å²) in [6, 6.07) is 13.6. The van der Waals surface area contributed by atoms with Gasteiger partial charge in [-0.1, -0.05) is 6.92 Å². The number of likely N-dealkylation sites (N-methyl/N-ethyl adjacent to an activating group) is 1. The molecule has 0 saturated carbocycles. The molecule has 0 spiro atoms. The molecule has 0 bridgehead atoms. The van der Waals surface area contributed by atoms with Crippen molar-refractivity contribution in [3.8, 4) is 11.5 Å². The fourth-order valence-electron chi connectivity index (χ4n) is 4.80. The molecule has 0 saturated heterocycles. The summed E-state index contributed by atoms with van der Waals surface area (Å²) in [6.07, 6.45) is -5.07. The topological polar surface area (TPSA) is 132 Å². The number of urea groups is 2. The van der Waals surface area contributed by atoms with E-state index in [0.29, 0.717) is 11.4 Å². The number of fused-ring (bicyclic) bond motifs is 1. The van der Waals surface area contributed by atoms with E-state index in [-0.39, 0.29) is 54.3 Å². The van der Waals surface area contributed by atoms with Gasteiger partial charge in [0.2, 0.25) is 0 Å². The molecule has 0 fully saturated rings. The van der Waals surface area contributed by atoms with Gasteiger partial charge >= 0.3 is 18.2 Å². The summed E-state index contributed by atoms with van der Waals surface area (Å²) >= 11 is 0. The summed E-state index contributed by atoms with van der Waals surface area (Å²) < 4.78 is 50.0. The quantitative estimate of drug-likeness (QED) is 0.248. The second-order valence-corrected chi connectivity index (χ2v) is 11.0. The number of methoxy groups -OCH3 is 1. The van der Waals surface area contributed by atoms with Crippen LogP contribution in [0, 0.1) is 5.92 Å². The normalized spacial score (nSPS) is 17.0. The lowest BCUT2D eigenvalue weighted by atomic mass is 9.99. The van der Waals surface area contributed by atoms with Gasteiger partial charge < -0.3 is 40.3 Å². The third-order valence-electron chi connectivity index (χ3n) is 7.53. The summed E-state index contributed by atoms with van der Waals surface area (Å²) in [4.78, 5) is 42.3. The number of nitrogens with zero attached hydrogens (tertiary/aromatic N) is 2. The second-order valence-electron chi connectivity index (χ2n) is 11.0. The highest BCUT2D eigenvalue weighted by Gasteiger charge is 2.34. The van der Waals surface area contributed by atoms with Crippen LogP contribution in [0.15, 0.2) is 66.7 Å². The number of amides is 5. The van der Waals surface area contributed by atoms with Crippen LogP contribution in [0.3, 0.4) is 0 Å². The van der Waals surface area contributed by atoms with E-state index >= 15 is 0 Å². The maximum Gasteiger partial charge on any atom is 0.416 e. The number of aliphatic hydroxyl groups is 1. The van der Waals surface area contributed by atoms with Crippen LogP contribution >= 0.6 is 0 Å². The van der Waals surface area contributed by atoms with Crippen LogP contribution in [0.2, 0.25) is 0 Å². The number of benzene rings is 3. The molecule has 46 heavy (non-hydrogen) atoms. The Labute approximate surface area is 264 Å². The van der Waals surface area contributed by atoms with Gasteiger partial charge in [-0.25, -0.2) is 9.59 Å². The average Bonchev–Trinajstić information content (AvgIpc) is 3.02. The van der Waals surface area contributed by atoms with Gasteiger partial charge in [0.05, 0.1) is 37.4 Å². The molecule has 4 rings (SSSR count). The van der Waals surface area contributed by atoms with E-state index in [1.807, 2.05) is 6.92 Å². The van der Waals surface area contributed by atoms with Crippen molar-refractivity contribution in [1.29, 1.82) is 0 Å². The summed E-state index contributed by atoms with van der Waals surface area (Å²) in [5.74, 6) is 0.180. The van der Waals surface area contributed by atoms with Crippen LogP contribution in [0.4, 0.5) is 39.8 Å². The molecule has 1 heterocycles. The van der Waals surface area contributed by atoms with Crippen LogP contribution in [0.1, 0.15) is 29.8 Å². The Morgan fingerprint density at radius 1 is 1.02 bits per heavy atom. The number of nitrogens with one attached hydrogen (secondary N) is 3. The SMILES string of the molecule is COc1ccc(NC(=O)N(C)C[C@@H]2Oc3ccc(NC(=O)Nc4ccc(C(F)(F)F)cc4)cc3C(=O)N([C@H](C)CO)C[C@H]2C)cc1. The summed E-state index contributed by atoms with van der Waals surface area (Å²) in [6.45, 7) is 3.67. The highest BCUT2D eigenvalue weighted by molar-refractivity contribution is 6.02. The third-order valence-corrected chi connectivity index (χ3v) is 7.53. The Hall–Kier alpha value is -4.98. The molecular weight excluding hydrogens is 607 g/mol. The molecule has 14 heteroatoms. The zero-order valence-corrected chi connectivity index (χ0v) is 25.7. The van der Waals surface area contributed by atoms with E-state index in [0.717, 1.165) is 24.3 Å². The Balaban J connectivity index is 1.51. The number of ether oxygens (including phenoxy) is 2. The van der Waals surface area contributed by atoms with E-state index in [9.17, 15) is 32.7 Å². The largest absolute Gasteiger partial charge is 0.497 e. The zero-order chi connectivity index (χ0) is 33.6. The van der Waals surface area contributed by atoms with Crippen molar-refractivity contribution < 1.29 is 42.1 Å². The molecule has 3 aromatic rings. The van der Waals surface area contributed by atoms with E-state index in [2.05, 4.69) is 16.0 Å². The lowest BCUT2D eigenvalue weighted by molar-refractivity contribution is -0.137. The van der Waals surface area contributed by atoms with Crippen molar-refractivity contribution in [2.75, 3.05) is 49.8 Å². The molecule has 3 aromatic carbocycles. The zero-order valence-electron chi connectivity index (χ0n) is 25.7. The molecular formula is C32H36F3N5O6. The van der Waals surface area contributed by atoms with Crippen LogP contribution < -0.4 is 25.4 Å². The number of carbonyl (C=O) groups is 3. The van der Waals surface area contributed by atoms with E-state index in [1.54, 1.807) is 45.3 Å². The summed E-state index contributed by atoms with van der Waals surface area (Å²) in [5, 5.41) is 17.8. The Kier molecular flexibility index (Phi) is 10.6. The molecule has 4 N–H and O–H groups in total. The molecule has 11 nitrogen and oxygen atoms in total. The third kappa shape index (κ3) is 8.38. The minimum absolute atomic E-state index is 0.120. The van der Waals surface area contributed by atoms with Gasteiger partial charge in [-0.3, -0.25) is 4.79 Å². The van der Waals surface area contributed by atoms with Gasteiger partial charge in [-0.2, -0.15) is 13.2 Å². The van der Waals surface area contributed by atoms with Crippen molar-refractivity contribution in [1.82, 2.24) is 9.80 Å². The number of hydrogen-bond acceptors (Lipinski definition) is 6. The number of alkyl halides is 3. The van der Waals surface area contributed by atoms with Gasteiger partial charge in [-0.15, -0.1) is 0 Å². The lowest BCUT2D eigenvalue weighted by Crippen LogP contribution is -2.50. The van der Waals surface area contributed by atoms with Crippen molar-refractivity contribution >= 4 is 35.0 Å². The number of hydrogen-bond donors (Lipinski definition) is 4. The first-order valence-corrected chi connectivity index (χ1v) is 14.4. The van der Waals surface area contributed by atoms with Crippen LogP contribution in [-0.2, 0) is 6.18 Å². The molecule has 3 atom stereocenters. The average molecular weight is 644 g/mol. The maximum atomic E-state index is 13.7. The second kappa shape index (κ2) is 14.4. The predicted octanol–water partition coefficient (Wildman–Crippen LogP) is 5.74. The van der Waals surface area contributed by atoms with Crippen molar-refractivity contribution in [3.63, 3.8) is 0 Å². The first-order chi connectivity index (χ1) is 21.8. The van der Waals surface area contributed by atoms with Gasteiger partial charge in [0.15, 0.2) is 0 Å². The van der Waals surface area contributed by atoms with Gasteiger partial charge in [0, 0.05) is 36.6 Å². The molecule has 1 aliphatic heterocycles. The molecule has 246 valence electrons. The minimum atomic E-state index is -4.51. The number of aliphatic hydroxyl groups excluding tert-OH is 1. The molecule has 5 amide bonds. The Morgan fingerprint density at radius 3 is 2.22 bits per heavy atom. The van der Waals surface area contributed by atoms with E-state index in [4.69, 9.17) is 9.47 Å². The lowest BCUT2D eigenvalue weighted by Gasteiger charge is -2.38. The van der Waals surface area contributed by atoms with E-state index < -0.39 is 35.8 Å². The van der Waals surface area contributed by atoms with Crippen molar-refractivity contribution in [2.45, 2.75) is 32.2 Å². The first-order valence-electron chi connectivity index (χ1n) is 14.4. The monoisotopic (exact) mass is 643 g/mol. The van der Waals surface area contributed by atoms with Crippen LogP contribution in [0.5, 0.6) is 11.5 Å². The highest BCUT2D eigenvalue weighted by Crippen LogP contribution is 2.32. The molecule has 1 aliphatic rings. The van der Waals surface area contributed by atoms with Crippen LogP contribution in [-0.4, -0.2) is 78.9 Å². The minimum Gasteiger partial charge on any atom is -0.497 e. The maximum absolute atomic E-state index is 13.7. The van der Waals surface area contributed by atoms with Crippen molar-refractivity contribution in [2.24, 2.45) is 5.92 Å². The fourth-order valence-corrected chi connectivity index (χ4v) is 4.80. The Morgan fingerprint density at radius 2 is 1.61 bits per heavy atom. The smallest absolute Gasteiger partial charge is 0.416 e. The highest BCUT2D eigenvalue weighted by atomic mass is 19.4. The fraction of sp³-hybridized carbons (Fsp3) is 0.344. The molecule has 0 aromatic heterocycles. The number of anilines is 3. The Bertz CT molecular complexity index is 1530. The van der Waals surface area contributed by atoms with Crippen molar-refractivity contribution in [3.05, 3.63) is 77.9 Å².